The molecule has 128 valence electrons. The van der Waals surface area contributed by atoms with Gasteiger partial charge in [0.25, 0.3) is 0 Å². The minimum absolute atomic E-state index is 0.0740. The van der Waals surface area contributed by atoms with E-state index in [0.717, 1.165) is 38.7 Å². The molecule has 1 amide bonds. The molecule has 0 spiro atoms. The monoisotopic (exact) mass is 321 g/mol. The first-order valence-electron chi connectivity index (χ1n) is 8.73. The van der Waals surface area contributed by atoms with E-state index in [1.807, 2.05) is 13.3 Å². The van der Waals surface area contributed by atoms with Crippen LogP contribution in [0.5, 0.6) is 0 Å². The van der Waals surface area contributed by atoms with Crippen LogP contribution in [0, 0.1) is 0 Å². The Kier molecular flexibility index (Phi) is 5.61. The van der Waals surface area contributed by atoms with Gasteiger partial charge in [-0.25, -0.2) is 0 Å². The Hall–Kier alpha value is -1.47. The molecule has 0 radical (unpaired) electrons. The van der Waals surface area contributed by atoms with Gasteiger partial charge in [-0.1, -0.05) is 12.8 Å². The van der Waals surface area contributed by atoms with E-state index in [9.17, 15) is 4.79 Å². The summed E-state index contributed by atoms with van der Waals surface area (Å²) in [6, 6.07) is 0.392. The van der Waals surface area contributed by atoms with Crippen molar-refractivity contribution in [2.45, 2.75) is 51.1 Å². The normalized spacial score (nSPS) is 21.4. The largest absolute Gasteiger partial charge is 0.379 e. The molecule has 1 saturated carbocycles. The van der Waals surface area contributed by atoms with E-state index in [4.69, 9.17) is 4.74 Å². The van der Waals surface area contributed by atoms with Crippen molar-refractivity contribution < 1.29 is 9.53 Å². The molecule has 7 heteroatoms. The second-order valence-corrected chi connectivity index (χ2v) is 6.53. The molecule has 2 fully saturated rings. The molecule has 1 saturated heterocycles. The van der Waals surface area contributed by atoms with E-state index in [2.05, 4.69) is 25.0 Å². The number of nitrogens with zero attached hydrogens (tertiary/aromatic N) is 4. The van der Waals surface area contributed by atoms with Gasteiger partial charge >= 0.3 is 0 Å². The first-order valence-corrected chi connectivity index (χ1v) is 8.73. The Balaban J connectivity index is 1.49. The van der Waals surface area contributed by atoms with Crippen LogP contribution < -0.4 is 5.32 Å². The topological polar surface area (TPSA) is 72.3 Å². The average Bonchev–Trinajstić information content (AvgIpc) is 3.24. The maximum atomic E-state index is 12.2. The highest BCUT2D eigenvalue weighted by atomic mass is 16.5. The van der Waals surface area contributed by atoms with Gasteiger partial charge in [-0.15, -0.1) is 10.2 Å². The van der Waals surface area contributed by atoms with Crippen LogP contribution >= 0.6 is 0 Å². The van der Waals surface area contributed by atoms with Gasteiger partial charge in [0.05, 0.1) is 19.3 Å². The van der Waals surface area contributed by atoms with Crippen LogP contribution in [0.2, 0.25) is 0 Å². The molecule has 7 nitrogen and oxygen atoms in total. The predicted molar refractivity (Wildman–Crippen MR) is 86.0 cm³/mol. The van der Waals surface area contributed by atoms with Gasteiger partial charge in [0.15, 0.2) is 5.82 Å². The zero-order valence-electron chi connectivity index (χ0n) is 13.9. The number of aromatic nitrogens is 3. The molecular formula is C16H27N5O2. The number of hydrogen-bond acceptors (Lipinski definition) is 5. The van der Waals surface area contributed by atoms with E-state index in [1.54, 1.807) is 0 Å². The number of morpholine rings is 1. The third-order valence-corrected chi connectivity index (χ3v) is 4.84. The van der Waals surface area contributed by atoms with Crippen molar-refractivity contribution in [2.24, 2.45) is 0 Å². The maximum Gasteiger partial charge on any atom is 0.221 e. The van der Waals surface area contributed by atoms with Crippen molar-refractivity contribution in [3.63, 3.8) is 0 Å². The minimum Gasteiger partial charge on any atom is -0.379 e. The van der Waals surface area contributed by atoms with Crippen LogP contribution in [0.3, 0.4) is 0 Å². The van der Waals surface area contributed by atoms with Crippen LogP contribution in [0.15, 0.2) is 6.33 Å². The molecule has 0 unspecified atom stereocenters. The molecule has 0 bridgehead atoms. The quantitative estimate of drug-likeness (QED) is 0.855. The number of nitrogens with one attached hydrogen (secondary N) is 1. The van der Waals surface area contributed by atoms with E-state index in [-0.39, 0.29) is 11.9 Å². The van der Waals surface area contributed by atoms with E-state index in [0.29, 0.717) is 12.5 Å². The Morgan fingerprint density at radius 2 is 2.13 bits per heavy atom. The Morgan fingerprint density at radius 3 is 2.87 bits per heavy atom. The lowest BCUT2D eigenvalue weighted by atomic mass is 10.2. The molecule has 1 aliphatic carbocycles. The highest BCUT2D eigenvalue weighted by Gasteiger charge is 2.23. The van der Waals surface area contributed by atoms with Crippen molar-refractivity contribution in [2.75, 3.05) is 32.8 Å². The lowest BCUT2D eigenvalue weighted by molar-refractivity contribution is -0.122. The predicted octanol–water partition coefficient (Wildman–Crippen LogP) is 1.29. The van der Waals surface area contributed by atoms with Crippen molar-refractivity contribution in [1.82, 2.24) is 25.0 Å². The number of carbonyl (C=O) groups is 1. The van der Waals surface area contributed by atoms with Crippen LogP contribution in [-0.4, -0.2) is 58.4 Å². The summed E-state index contributed by atoms with van der Waals surface area (Å²) in [5.74, 6) is 0.946. The molecule has 1 atom stereocenters. The average molecular weight is 321 g/mol. The molecule has 0 aromatic carbocycles. The lowest BCUT2D eigenvalue weighted by Crippen LogP contribution is -2.39. The Labute approximate surface area is 137 Å². The zero-order chi connectivity index (χ0) is 16.1. The number of hydrogen-bond donors (Lipinski definition) is 1. The third-order valence-electron chi connectivity index (χ3n) is 4.84. The highest BCUT2D eigenvalue weighted by molar-refractivity contribution is 5.76. The van der Waals surface area contributed by atoms with Gasteiger partial charge in [0, 0.05) is 32.1 Å². The second-order valence-electron chi connectivity index (χ2n) is 6.53. The van der Waals surface area contributed by atoms with Crippen LogP contribution in [0.25, 0.3) is 0 Å². The molecule has 23 heavy (non-hydrogen) atoms. The Morgan fingerprint density at radius 1 is 1.39 bits per heavy atom. The van der Waals surface area contributed by atoms with E-state index < -0.39 is 0 Å². The first-order chi connectivity index (χ1) is 11.2. The van der Waals surface area contributed by atoms with Crippen molar-refractivity contribution in [3.05, 3.63) is 12.2 Å². The molecule has 1 aromatic heterocycles. The van der Waals surface area contributed by atoms with Gasteiger partial charge in [-0.05, 0) is 19.8 Å². The summed E-state index contributed by atoms with van der Waals surface area (Å²) in [5.41, 5.74) is 0. The number of carbonyl (C=O) groups excluding carboxylic acids is 1. The van der Waals surface area contributed by atoms with E-state index in [1.165, 1.54) is 25.7 Å². The minimum atomic E-state index is -0.102. The smallest absolute Gasteiger partial charge is 0.221 e. The highest BCUT2D eigenvalue weighted by Crippen LogP contribution is 2.31. The molecule has 2 aliphatic rings. The number of ether oxygens (including phenoxy) is 1. The van der Waals surface area contributed by atoms with Crippen LogP contribution in [-0.2, 0) is 9.53 Å². The number of rotatable bonds is 6. The van der Waals surface area contributed by atoms with Gasteiger partial charge < -0.3 is 14.6 Å². The maximum absolute atomic E-state index is 12.2. The fraction of sp³-hybridized carbons (Fsp3) is 0.812. The van der Waals surface area contributed by atoms with Crippen molar-refractivity contribution >= 4 is 5.91 Å². The van der Waals surface area contributed by atoms with Crippen molar-refractivity contribution in [3.8, 4) is 0 Å². The standard InChI is InChI=1S/C16H27N5O2/c1-13(16-19-17-12-21(16)14-4-2-3-5-14)18-15(22)6-7-20-8-10-23-11-9-20/h12-14H,2-11H2,1H3,(H,18,22)/t13-/m0/s1. The SMILES string of the molecule is C[C@H](NC(=O)CCN1CCOCC1)c1nncn1C1CCCC1. The summed E-state index contributed by atoms with van der Waals surface area (Å²) < 4.78 is 7.47. The third kappa shape index (κ3) is 4.29. The summed E-state index contributed by atoms with van der Waals surface area (Å²) in [7, 11) is 0. The summed E-state index contributed by atoms with van der Waals surface area (Å²) in [4.78, 5) is 14.5. The summed E-state index contributed by atoms with van der Waals surface area (Å²) >= 11 is 0. The molecule has 1 aromatic rings. The first kappa shape index (κ1) is 16.4. The second kappa shape index (κ2) is 7.88. The molecule has 3 rings (SSSR count). The van der Waals surface area contributed by atoms with Crippen LogP contribution in [0.4, 0.5) is 0 Å². The van der Waals surface area contributed by atoms with Crippen LogP contribution in [0.1, 0.15) is 56.9 Å². The number of amides is 1. The molecular weight excluding hydrogens is 294 g/mol. The van der Waals surface area contributed by atoms with Gasteiger partial charge in [-0.2, -0.15) is 0 Å². The summed E-state index contributed by atoms with van der Waals surface area (Å²) in [5, 5.41) is 11.4. The van der Waals surface area contributed by atoms with Gasteiger partial charge in [0.2, 0.25) is 5.91 Å². The van der Waals surface area contributed by atoms with E-state index >= 15 is 0 Å². The zero-order valence-corrected chi connectivity index (χ0v) is 13.9. The lowest BCUT2D eigenvalue weighted by Gasteiger charge is -2.26. The summed E-state index contributed by atoms with van der Waals surface area (Å²) in [6.07, 6.45) is 7.22. The fourth-order valence-corrected chi connectivity index (χ4v) is 3.49. The molecule has 1 aliphatic heterocycles. The van der Waals surface area contributed by atoms with Crippen molar-refractivity contribution in [1.29, 1.82) is 0 Å². The fourth-order valence-electron chi connectivity index (χ4n) is 3.49. The molecule has 2 heterocycles. The summed E-state index contributed by atoms with van der Waals surface area (Å²) in [6.45, 7) is 6.14. The molecule has 1 N–H and O–H groups in total. The van der Waals surface area contributed by atoms with Gasteiger partial charge in [-0.3, -0.25) is 9.69 Å². The Bertz CT molecular complexity index is 506. The van der Waals surface area contributed by atoms with Gasteiger partial charge in [0.1, 0.15) is 6.33 Å².